The number of anilines is 1. The van der Waals surface area contributed by atoms with E-state index in [2.05, 4.69) is 21.4 Å². The third-order valence-electron chi connectivity index (χ3n) is 4.51. The van der Waals surface area contributed by atoms with Crippen molar-refractivity contribution in [3.05, 3.63) is 53.3 Å². The van der Waals surface area contributed by atoms with E-state index in [1.54, 1.807) is 7.05 Å². The molecule has 0 bridgehead atoms. The van der Waals surface area contributed by atoms with Crippen LogP contribution in [0.25, 0.3) is 0 Å². The minimum Gasteiger partial charge on any atom is -0.350 e. The van der Waals surface area contributed by atoms with Crippen LogP contribution in [0.4, 0.5) is 5.95 Å². The summed E-state index contributed by atoms with van der Waals surface area (Å²) < 4.78 is 23.2. The first-order valence-corrected chi connectivity index (χ1v) is 10.3. The summed E-state index contributed by atoms with van der Waals surface area (Å²) in [6, 6.07) is 7.84. The Morgan fingerprint density at radius 3 is 2.65 bits per heavy atom. The first-order chi connectivity index (χ1) is 12.3. The highest BCUT2D eigenvalue weighted by Crippen LogP contribution is 2.18. The Hall–Kier alpha value is -2.48. The van der Waals surface area contributed by atoms with Gasteiger partial charge in [0, 0.05) is 32.0 Å². The number of hydrogen-bond donors (Lipinski definition) is 1. The zero-order valence-corrected chi connectivity index (χ0v) is 15.7. The standard InChI is InChI=1S/C18H22N4O3S/c1-13-4-3-5-14(8-13)9-19-18-20-10-15(11-21-18)17(23)22(2)16-6-7-26(24,25)12-16/h3-5,8,10-11,16H,6-7,9,12H2,1-2H3,(H,19,20,21). The maximum absolute atomic E-state index is 12.5. The number of amides is 1. The van der Waals surface area contributed by atoms with Gasteiger partial charge in [0.1, 0.15) is 0 Å². The second kappa shape index (κ2) is 7.41. The van der Waals surface area contributed by atoms with E-state index >= 15 is 0 Å². The van der Waals surface area contributed by atoms with Crippen LogP contribution in [-0.4, -0.2) is 53.8 Å². The van der Waals surface area contributed by atoms with Gasteiger partial charge >= 0.3 is 0 Å². The van der Waals surface area contributed by atoms with Gasteiger partial charge in [-0.15, -0.1) is 0 Å². The molecule has 1 fully saturated rings. The van der Waals surface area contributed by atoms with Crippen LogP contribution in [0, 0.1) is 6.92 Å². The average Bonchev–Trinajstić information content (AvgIpc) is 2.99. The molecule has 2 heterocycles. The van der Waals surface area contributed by atoms with Crippen LogP contribution < -0.4 is 5.32 Å². The number of sulfone groups is 1. The lowest BCUT2D eigenvalue weighted by Gasteiger charge is -2.23. The first-order valence-electron chi connectivity index (χ1n) is 8.43. The zero-order valence-electron chi connectivity index (χ0n) is 14.8. The first kappa shape index (κ1) is 18.3. The van der Waals surface area contributed by atoms with E-state index in [0.717, 1.165) is 5.56 Å². The zero-order chi connectivity index (χ0) is 18.7. The third kappa shape index (κ3) is 4.37. The Morgan fingerprint density at radius 2 is 2.04 bits per heavy atom. The van der Waals surface area contributed by atoms with Crippen molar-refractivity contribution in [1.29, 1.82) is 0 Å². The lowest BCUT2D eigenvalue weighted by molar-refractivity contribution is 0.0747. The Kier molecular flexibility index (Phi) is 5.22. The largest absolute Gasteiger partial charge is 0.350 e. The highest BCUT2D eigenvalue weighted by Gasteiger charge is 2.33. The molecule has 26 heavy (non-hydrogen) atoms. The Balaban J connectivity index is 1.61. The molecular formula is C18H22N4O3S. The fourth-order valence-corrected chi connectivity index (χ4v) is 4.76. The van der Waals surface area contributed by atoms with Gasteiger partial charge < -0.3 is 10.2 Å². The van der Waals surface area contributed by atoms with Gasteiger partial charge in [-0.3, -0.25) is 4.79 Å². The molecule has 7 nitrogen and oxygen atoms in total. The van der Waals surface area contributed by atoms with Crippen molar-refractivity contribution in [2.24, 2.45) is 0 Å². The topological polar surface area (TPSA) is 92.3 Å². The van der Waals surface area contributed by atoms with Crippen molar-refractivity contribution in [1.82, 2.24) is 14.9 Å². The van der Waals surface area contributed by atoms with Crippen LogP contribution in [0.2, 0.25) is 0 Å². The monoisotopic (exact) mass is 374 g/mol. The van der Waals surface area contributed by atoms with E-state index < -0.39 is 9.84 Å². The fraction of sp³-hybridized carbons (Fsp3) is 0.389. The highest BCUT2D eigenvalue weighted by atomic mass is 32.2. The van der Waals surface area contributed by atoms with Gasteiger partial charge in [-0.05, 0) is 18.9 Å². The molecule has 1 saturated heterocycles. The molecule has 1 unspecified atom stereocenters. The number of hydrogen-bond acceptors (Lipinski definition) is 6. The number of nitrogens with one attached hydrogen (secondary N) is 1. The van der Waals surface area contributed by atoms with E-state index in [-0.39, 0.29) is 23.5 Å². The molecule has 8 heteroatoms. The van der Waals surface area contributed by atoms with Crippen LogP contribution in [-0.2, 0) is 16.4 Å². The van der Waals surface area contributed by atoms with Crippen molar-refractivity contribution in [3.63, 3.8) is 0 Å². The molecule has 2 aromatic rings. The summed E-state index contributed by atoms with van der Waals surface area (Å²) in [5.41, 5.74) is 2.65. The average molecular weight is 374 g/mol. The summed E-state index contributed by atoms with van der Waals surface area (Å²) in [6.45, 7) is 2.63. The van der Waals surface area contributed by atoms with E-state index in [1.807, 2.05) is 25.1 Å². The normalized spacial score (nSPS) is 18.5. The third-order valence-corrected chi connectivity index (χ3v) is 6.26. The predicted molar refractivity (Wildman–Crippen MR) is 99.7 cm³/mol. The summed E-state index contributed by atoms with van der Waals surface area (Å²) in [7, 11) is -1.41. The minimum absolute atomic E-state index is 0.0201. The van der Waals surface area contributed by atoms with Crippen molar-refractivity contribution in [2.45, 2.75) is 25.9 Å². The SMILES string of the molecule is Cc1cccc(CNc2ncc(C(=O)N(C)C3CCS(=O)(=O)C3)cn2)c1. The van der Waals surface area contributed by atoms with E-state index in [1.165, 1.54) is 22.9 Å². The van der Waals surface area contributed by atoms with Gasteiger partial charge in [0.2, 0.25) is 5.95 Å². The fourth-order valence-electron chi connectivity index (χ4n) is 2.98. The molecule has 3 rings (SSSR count). The number of benzene rings is 1. The van der Waals surface area contributed by atoms with Gasteiger partial charge in [0.25, 0.3) is 5.91 Å². The molecule has 1 amide bonds. The van der Waals surface area contributed by atoms with Crippen LogP contribution in [0.15, 0.2) is 36.7 Å². The van der Waals surface area contributed by atoms with E-state index in [9.17, 15) is 13.2 Å². The van der Waals surface area contributed by atoms with Gasteiger partial charge in [-0.25, -0.2) is 18.4 Å². The van der Waals surface area contributed by atoms with E-state index in [0.29, 0.717) is 24.5 Å². The molecule has 1 aliphatic heterocycles. The molecule has 1 N–H and O–H groups in total. The molecule has 1 aromatic carbocycles. The predicted octanol–water partition coefficient (Wildman–Crippen LogP) is 1.66. The molecule has 0 saturated carbocycles. The lowest BCUT2D eigenvalue weighted by Crippen LogP contribution is -2.37. The second-order valence-electron chi connectivity index (χ2n) is 6.61. The summed E-state index contributed by atoms with van der Waals surface area (Å²) >= 11 is 0. The van der Waals surface area contributed by atoms with Crippen LogP contribution in [0.3, 0.4) is 0 Å². The number of rotatable bonds is 5. The summed E-state index contributed by atoms with van der Waals surface area (Å²) in [4.78, 5) is 22.4. The van der Waals surface area contributed by atoms with E-state index in [4.69, 9.17) is 0 Å². The molecule has 1 aromatic heterocycles. The Morgan fingerprint density at radius 1 is 1.31 bits per heavy atom. The summed E-state index contributed by atoms with van der Waals surface area (Å²) in [5.74, 6) is 0.325. The number of carbonyl (C=O) groups is 1. The number of nitrogens with zero attached hydrogens (tertiary/aromatic N) is 3. The van der Waals surface area contributed by atoms with Crippen molar-refractivity contribution in [2.75, 3.05) is 23.9 Å². The smallest absolute Gasteiger partial charge is 0.257 e. The van der Waals surface area contributed by atoms with Crippen molar-refractivity contribution >= 4 is 21.7 Å². The van der Waals surface area contributed by atoms with Gasteiger partial charge in [-0.1, -0.05) is 29.8 Å². The maximum atomic E-state index is 12.5. The van der Waals surface area contributed by atoms with Crippen LogP contribution in [0.5, 0.6) is 0 Å². The number of carbonyl (C=O) groups excluding carboxylic acids is 1. The summed E-state index contributed by atoms with van der Waals surface area (Å²) in [6.07, 6.45) is 3.41. The van der Waals surface area contributed by atoms with Crippen molar-refractivity contribution < 1.29 is 13.2 Å². The lowest BCUT2D eigenvalue weighted by atomic mass is 10.1. The Labute approximate surface area is 153 Å². The molecular weight excluding hydrogens is 352 g/mol. The molecule has 1 aliphatic rings. The molecule has 138 valence electrons. The second-order valence-corrected chi connectivity index (χ2v) is 8.84. The molecule has 1 atom stereocenters. The number of aromatic nitrogens is 2. The molecule has 0 spiro atoms. The van der Waals surface area contributed by atoms with Gasteiger partial charge in [0.05, 0.1) is 17.1 Å². The quantitative estimate of drug-likeness (QED) is 0.856. The minimum atomic E-state index is -3.03. The molecule has 0 radical (unpaired) electrons. The van der Waals surface area contributed by atoms with Crippen LogP contribution >= 0.6 is 0 Å². The van der Waals surface area contributed by atoms with Gasteiger partial charge in [-0.2, -0.15) is 0 Å². The van der Waals surface area contributed by atoms with Crippen LogP contribution in [0.1, 0.15) is 27.9 Å². The number of aryl methyl sites for hydroxylation is 1. The van der Waals surface area contributed by atoms with Gasteiger partial charge in [0.15, 0.2) is 9.84 Å². The Bertz CT molecular complexity index is 897. The molecule has 0 aliphatic carbocycles. The highest BCUT2D eigenvalue weighted by molar-refractivity contribution is 7.91. The maximum Gasteiger partial charge on any atom is 0.257 e. The summed E-state index contributed by atoms with van der Waals surface area (Å²) in [5, 5.41) is 3.12. The van der Waals surface area contributed by atoms with Crippen molar-refractivity contribution in [3.8, 4) is 0 Å².